The normalized spacial score (nSPS) is 18.4. The van der Waals surface area contributed by atoms with Gasteiger partial charge < -0.3 is 5.11 Å². The Bertz CT molecular complexity index is 646. The van der Waals surface area contributed by atoms with E-state index < -0.39 is 26.4 Å². The molecular weight excluding hydrogens is 296 g/mol. The van der Waals surface area contributed by atoms with Crippen LogP contribution >= 0.6 is 11.6 Å². The Labute approximate surface area is 114 Å². The molecule has 0 saturated carbocycles. The maximum atomic E-state index is 11.7. The van der Waals surface area contributed by atoms with Gasteiger partial charge in [-0.05, 0) is 5.56 Å². The van der Waals surface area contributed by atoms with Crippen molar-refractivity contribution in [3.8, 4) is 5.75 Å². The molecule has 0 radical (unpaired) electrons. The minimum Gasteiger partial charge on any atom is -0.502 e. The van der Waals surface area contributed by atoms with Gasteiger partial charge in [0, 0.05) is 30.5 Å². The number of nitrogens with zero attached hydrogens (tertiary/aromatic N) is 2. The van der Waals surface area contributed by atoms with Gasteiger partial charge in [0.2, 0.25) is 10.0 Å². The van der Waals surface area contributed by atoms with E-state index >= 15 is 0 Å². The quantitative estimate of drug-likeness (QED) is 0.517. The number of anilines is 1. The van der Waals surface area contributed by atoms with E-state index in [4.69, 9.17) is 11.6 Å². The van der Waals surface area contributed by atoms with Crippen molar-refractivity contribution in [3.05, 3.63) is 27.8 Å². The Morgan fingerprint density at radius 2 is 2.21 bits per heavy atom. The molecule has 0 amide bonds. The van der Waals surface area contributed by atoms with Crippen molar-refractivity contribution in [1.29, 1.82) is 0 Å². The number of alkyl halides is 1. The predicted molar refractivity (Wildman–Crippen MR) is 70.4 cm³/mol. The first-order valence-corrected chi connectivity index (χ1v) is 7.69. The molecule has 0 saturated heterocycles. The van der Waals surface area contributed by atoms with Crippen LogP contribution in [0, 0.1) is 10.1 Å². The highest BCUT2D eigenvalue weighted by atomic mass is 35.5. The number of nitro benzene ring substituents is 1. The van der Waals surface area contributed by atoms with Gasteiger partial charge in [-0.1, -0.05) is 0 Å². The number of aromatic hydroxyl groups is 1. The number of phenols is 1. The molecule has 104 valence electrons. The van der Waals surface area contributed by atoms with E-state index in [1.54, 1.807) is 0 Å². The predicted octanol–water partition coefficient (Wildman–Crippen LogP) is 1.40. The maximum absolute atomic E-state index is 11.7. The fourth-order valence-electron chi connectivity index (χ4n) is 2.11. The minimum atomic E-state index is -3.52. The van der Waals surface area contributed by atoms with E-state index in [1.807, 2.05) is 0 Å². The standard InChI is InChI=1S/C10H11ClN2O5S/c1-19(17,18)12-5-6(4-11)7-2-9(13(15)16)10(14)3-8(7)12/h2-3,6,14H,4-5H2,1H3. The largest absolute Gasteiger partial charge is 0.502 e. The number of hydrogen-bond donors (Lipinski definition) is 1. The van der Waals surface area contributed by atoms with Crippen LogP contribution in [0.15, 0.2) is 12.1 Å². The molecular formula is C10H11ClN2O5S. The third-order valence-corrected chi connectivity index (χ3v) is 4.52. The van der Waals surface area contributed by atoms with E-state index in [9.17, 15) is 23.6 Å². The van der Waals surface area contributed by atoms with Crippen LogP contribution in [-0.2, 0) is 10.0 Å². The number of halogens is 1. The first kappa shape index (κ1) is 13.9. The van der Waals surface area contributed by atoms with E-state index in [0.717, 1.165) is 16.6 Å². The smallest absolute Gasteiger partial charge is 0.311 e. The summed E-state index contributed by atoms with van der Waals surface area (Å²) in [6.07, 6.45) is 1.03. The zero-order valence-corrected chi connectivity index (χ0v) is 11.5. The Balaban J connectivity index is 2.64. The summed E-state index contributed by atoms with van der Waals surface area (Å²) < 4.78 is 24.4. The zero-order chi connectivity index (χ0) is 14.4. The topological polar surface area (TPSA) is 101 Å². The second-order valence-corrected chi connectivity index (χ2v) is 6.52. The van der Waals surface area contributed by atoms with Gasteiger partial charge in [-0.2, -0.15) is 0 Å². The van der Waals surface area contributed by atoms with Gasteiger partial charge in [-0.25, -0.2) is 8.42 Å². The molecule has 0 bridgehead atoms. The fraction of sp³-hybridized carbons (Fsp3) is 0.400. The number of fused-ring (bicyclic) bond motifs is 1. The third kappa shape index (κ3) is 2.33. The fourth-order valence-corrected chi connectivity index (χ4v) is 3.34. The Morgan fingerprint density at radius 3 is 2.68 bits per heavy atom. The number of benzene rings is 1. The van der Waals surface area contributed by atoms with Crippen molar-refractivity contribution >= 4 is 33.0 Å². The van der Waals surface area contributed by atoms with Gasteiger partial charge in [0.25, 0.3) is 0 Å². The average molecular weight is 307 g/mol. The van der Waals surface area contributed by atoms with E-state index in [1.165, 1.54) is 6.07 Å². The summed E-state index contributed by atoms with van der Waals surface area (Å²) in [5.74, 6) is -0.751. The summed E-state index contributed by atoms with van der Waals surface area (Å²) >= 11 is 5.77. The number of hydrogen-bond acceptors (Lipinski definition) is 5. The second-order valence-electron chi connectivity index (χ2n) is 4.30. The molecule has 1 heterocycles. The molecule has 1 unspecified atom stereocenters. The number of rotatable bonds is 3. The van der Waals surface area contributed by atoms with Crippen LogP contribution in [-0.4, -0.2) is 37.1 Å². The number of nitro groups is 1. The molecule has 2 rings (SSSR count). The summed E-state index contributed by atoms with van der Waals surface area (Å²) in [5.41, 5.74) is 0.255. The first-order chi connectivity index (χ1) is 8.75. The Kier molecular flexibility index (Phi) is 3.31. The van der Waals surface area contributed by atoms with E-state index in [0.29, 0.717) is 5.56 Å². The van der Waals surface area contributed by atoms with Crippen LogP contribution < -0.4 is 4.31 Å². The van der Waals surface area contributed by atoms with Gasteiger partial charge in [0.1, 0.15) is 0 Å². The first-order valence-electron chi connectivity index (χ1n) is 5.30. The SMILES string of the molecule is CS(=O)(=O)N1CC(CCl)c2cc([N+](=O)[O-])c(O)cc21. The molecule has 0 aromatic heterocycles. The zero-order valence-electron chi connectivity index (χ0n) is 9.91. The monoisotopic (exact) mass is 306 g/mol. The summed E-state index contributed by atoms with van der Waals surface area (Å²) in [7, 11) is -3.52. The number of sulfonamides is 1. The second kappa shape index (κ2) is 4.53. The molecule has 1 aliphatic rings. The van der Waals surface area contributed by atoms with Gasteiger partial charge in [0.15, 0.2) is 5.75 Å². The molecule has 1 aromatic rings. The molecule has 1 atom stereocenters. The lowest BCUT2D eigenvalue weighted by molar-refractivity contribution is -0.385. The molecule has 9 heteroatoms. The van der Waals surface area contributed by atoms with E-state index in [2.05, 4.69) is 0 Å². The molecule has 19 heavy (non-hydrogen) atoms. The summed E-state index contributed by atoms with van der Waals surface area (Å²) in [6, 6.07) is 2.28. The summed E-state index contributed by atoms with van der Waals surface area (Å²) in [4.78, 5) is 10.1. The van der Waals surface area contributed by atoms with Crippen LogP contribution in [0.5, 0.6) is 5.75 Å². The third-order valence-electron chi connectivity index (χ3n) is 3.00. The molecule has 1 aromatic carbocycles. The van der Waals surface area contributed by atoms with Gasteiger partial charge in [-0.15, -0.1) is 11.6 Å². The van der Waals surface area contributed by atoms with Crippen molar-refractivity contribution in [2.75, 3.05) is 23.0 Å². The molecule has 0 spiro atoms. The van der Waals surface area contributed by atoms with Crippen molar-refractivity contribution in [2.24, 2.45) is 0 Å². The van der Waals surface area contributed by atoms with Crippen LogP contribution in [0.25, 0.3) is 0 Å². The minimum absolute atomic E-state index is 0.123. The summed E-state index contributed by atoms with van der Waals surface area (Å²) in [5, 5.41) is 20.4. The van der Waals surface area contributed by atoms with Gasteiger partial charge in [0.05, 0.1) is 16.9 Å². The van der Waals surface area contributed by atoms with Crippen molar-refractivity contribution < 1.29 is 18.4 Å². The Hall–Kier alpha value is -1.54. The number of phenolic OH excluding ortho intramolecular Hbond substituents is 1. The van der Waals surface area contributed by atoms with Crippen molar-refractivity contribution in [1.82, 2.24) is 0 Å². The lowest BCUT2D eigenvalue weighted by Crippen LogP contribution is -2.28. The highest BCUT2D eigenvalue weighted by Gasteiger charge is 2.35. The van der Waals surface area contributed by atoms with E-state index in [-0.39, 0.29) is 24.0 Å². The lowest BCUT2D eigenvalue weighted by Gasteiger charge is -2.16. The highest BCUT2D eigenvalue weighted by molar-refractivity contribution is 7.92. The van der Waals surface area contributed by atoms with Crippen molar-refractivity contribution in [2.45, 2.75) is 5.92 Å². The van der Waals surface area contributed by atoms with Crippen LogP contribution in [0.2, 0.25) is 0 Å². The van der Waals surface area contributed by atoms with Gasteiger partial charge in [-0.3, -0.25) is 14.4 Å². The highest BCUT2D eigenvalue weighted by Crippen LogP contribution is 2.44. The Morgan fingerprint density at radius 1 is 1.58 bits per heavy atom. The molecule has 7 nitrogen and oxygen atoms in total. The molecule has 0 aliphatic carbocycles. The van der Waals surface area contributed by atoms with Crippen LogP contribution in [0.1, 0.15) is 11.5 Å². The summed E-state index contributed by atoms with van der Waals surface area (Å²) in [6.45, 7) is 0.123. The van der Waals surface area contributed by atoms with Crippen molar-refractivity contribution in [3.63, 3.8) is 0 Å². The van der Waals surface area contributed by atoms with Crippen LogP contribution in [0.3, 0.4) is 0 Å². The lowest BCUT2D eigenvalue weighted by atomic mass is 10.0. The maximum Gasteiger partial charge on any atom is 0.311 e. The molecule has 0 fully saturated rings. The van der Waals surface area contributed by atoms with Gasteiger partial charge >= 0.3 is 5.69 Å². The van der Waals surface area contributed by atoms with Crippen LogP contribution in [0.4, 0.5) is 11.4 Å². The molecule has 1 N–H and O–H groups in total. The average Bonchev–Trinajstić information content (AvgIpc) is 2.64. The molecule has 1 aliphatic heterocycles.